The smallest absolute Gasteiger partial charge is 0.333 e. The first-order valence-corrected chi connectivity index (χ1v) is 10.2. The Bertz CT molecular complexity index is 1190. The third-order valence-corrected chi connectivity index (χ3v) is 6.71. The number of aliphatic hydroxyl groups is 1. The van der Waals surface area contributed by atoms with Gasteiger partial charge in [-0.25, -0.2) is 14.2 Å². The van der Waals surface area contributed by atoms with Crippen molar-refractivity contribution < 1.29 is 15.0 Å². The lowest BCUT2D eigenvalue weighted by molar-refractivity contribution is -0.146. The van der Waals surface area contributed by atoms with Crippen LogP contribution in [0.5, 0.6) is 0 Å². The van der Waals surface area contributed by atoms with Crippen LogP contribution in [-0.2, 0) is 23.3 Å². The average molecular weight is 416 g/mol. The Balaban J connectivity index is 2.35. The van der Waals surface area contributed by atoms with E-state index < -0.39 is 28.9 Å². The quantitative estimate of drug-likeness (QED) is 0.643. The van der Waals surface area contributed by atoms with Gasteiger partial charge in [0.05, 0.1) is 18.0 Å². The van der Waals surface area contributed by atoms with Gasteiger partial charge in [-0.1, -0.05) is 37.3 Å². The van der Waals surface area contributed by atoms with Crippen LogP contribution in [0.1, 0.15) is 42.9 Å². The van der Waals surface area contributed by atoms with Crippen molar-refractivity contribution in [3.05, 3.63) is 67.2 Å². The van der Waals surface area contributed by atoms with E-state index in [0.29, 0.717) is 22.2 Å². The number of fused-ring (bicyclic) bond motifs is 1. The molecule has 0 aliphatic heterocycles. The van der Waals surface area contributed by atoms with Crippen LogP contribution >= 0.6 is 11.3 Å². The lowest BCUT2D eigenvalue weighted by Crippen LogP contribution is -2.52. The van der Waals surface area contributed by atoms with Crippen molar-refractivity contribution in [2.75, 3.05) is 0 Å². The molecule has 0 unspecified atom stereocenters. The number of aryl methyl sites for hydroxylation is 2. The second kappa shape index (κ2) is 7.61. The molecule has 1 aromatic carbocycles. The average Bonchev–Trinajstić information content (AvgIpc) is 3.02. The minimum Gasteiger partial charge on any atom is -0.480 e. The predicted molar refractivity (Wildman–Crippen MR) is 113 cm³/mol. The number of carboxylic acid groups (broad SMARTS) is 1. The second-order valence-electron chi connectivity index (χ2n) is 7.51. The van der Waals surface area contributed by atoms with Crippen molar-refractivity contribution in [1.82, 2.24) is 9.13 Å². The highest BCUT2D eigenvalue weighted by atomic mass is 32.1. The molecule has 8 heteroatoms. The zero-order chi connectivity index (χ0) is 21.5. The molecule has 3 rings (SSSR count). The molecule has 2 aromatic heterocycles. The molecule has 0 radical (unpaired) electrons. The first kappa shape index (κ1) is 21.0. The van der Waals surface area contributed by atoms with Crippen LogP contribution in [0.4, 0.5) is 0 Å². The molecule has 7 nitrogen and oxygen atoms in total. The van der Waals surface area contributed by atoms with Crippen LogP contribution in [0.15, 0.2) is 39.9 Å². The third kappa shape index (κ3) is 3.42. The summed E-state index contributed by atoms with van der Waals surface area (Å²) >= 11 is 1.33. The molecule has 0 saturated carbocycles. The van der Waals surface area contributed by atoms with Gasteiger partial charge in [-0.15, -0.1) is 11.3 Å². The Kier molecular flexibility index (Phi) is 5.51. The molecule has 29 heavy (non-hydrogen) atoms. The summed E-state index contributed by atoms with van der Waals surface area (Å²) in [6.45, 7) is 6.32. The molecule has 2 heterocycles. The number of aromatic nitrogens is 2. The maximum absolute atomic E-state index is 13.3. The van der Waals surface area contributed by atoms with E-state index in [1.807, 2.05) is 13.0 Å². The van der Waals surface area contributed by atoms with Crippen LogP contribution in [0, 0.1) is 6.92 Å². The molecule has 0 aliphatic carbocycles. The Labute approximate surface area is 171 Å². The van der Waals surface area contributed by atoms with Crippen molar-refractivity contribution in [3.8, 4) is 0 Å². The zero-order valence-electron chi connectivity index (χ0n) is 16.8. The van der Waals surface area contributed by atoms with Crippen molar-refractivity contribution in [1.29, 1.82) is 0 Å². The largest absolute Gasteiger partial charge is 0.480 e. The van der Waals surface area contributed by atoms with Gasteiger partial charge in [0, 0.05) is 4.88 Å². The van der Waals surface area contributed by atoms with Gasteiger partial charge in [0.25, 0.3) is 5.56 Å². The van der Waals surface area contributed by atoms with E-state index in [-0.39, 0.29) is 6.54 Å². The lowest BCUT2D eigenvalue weighted by atomic mass is 10.1. The molecule has 0 fully saturated rings. The maximum atomic E-state index is 13.3. The number of carboxylic acids is 1. The van der Waals surface area contributed by atoms with Gasteiger partial charge in [0.1, 0.15) is 10.4 Å². The van der Waals surface area contributed by atoms with Crippen molar-refractivity contribution in [2.45, 2.75) is 52.3 Å². The van der Waals surface area contributed by atoms with E-state index in [1.165, 1.54) is 29.8 Å². The van der Waals surface area contributed by atoms with E-state index in [9.17, 15) is 24.6 Å². The molecule has 0 aliphatic rings. The highest BCUT2D eigenvalue weighted by Gasteiger charge is 2.35. The SMILES string of the molecule is CCc1sc2c(c1C)c(=O)n(C(C)(C)C(=O)O)c(=O)n2C[C@H](O)c1ccccc1. The summed E-state index contributed by atoms with van der Waals surface area (Å²) in [7, 11) is 0. The van der Waals surface area contributed by atoms with Crippen LogP contribution in [-0.4, -0.2) is 25.3 Å². The molecule has 0 amide bonds. The summed E-state index contributed by atoms with van der Waals surface area (Å²) < 4.78 is 2.12. The molecule has 154 valence electrons. The number of thiophene rings is 1. The fourth-order valence-electron chi connectivity index (χ4n) is 3.43. The first-order valence-electron chi connectivity index (χ1n) is 9.35. The second-order valence-corrected chi connectivity index (χ2v) is 8.59. The lowest BCUT2D eigenvalue weighted by Gasteiger charge is -2.24. The molecule has 3 aromatic rings. The standard InChI is InChI=1S/C21H24N2O5S/c1-5-15-12(2)16-17(25)23(21(3,4)19(26)27)20(28)22(18(16)29-15)11-14(24)13-9-7-6-8-10-13/h6-10,14,24H,5,11H2,1-4H3,(H,26,27)/t14-/m0/s1. The number of aliphatic hydroxyl groups excluding tert-OH is 1. The van der Waals surface area contributed by atoms with Gasteiger partial charge >= 0.3 is 11.7 Å². The molecular weight excluding hydrogens is 392 g/mol. The van der Waals surface area contributed by atoms with Crippen LogP contribution < -0.4 is 11.2 Å². The van der Waals surface area contributed by atoms with Gasteiger partial charge < -0.3 is 10.2 Å². The molecule has 0 spiro atoms. The summed E-state index contributed by atoms with van der Waals surface area (Å²) in [5, 5.41) is 20.7. The summed E-state index contributed by atoms with van der Waals surface area (Å²) in [4.78, 5) is 39.7. The zero-order valence-corrected chi connectivity index (χ0v) is 17.6. The van der Waals surface area contributed by atoms with E-state index in [0.717, 1.165) is 15.0 Å². The number of benzene rings is 1. The van der Waals surface area contributed by atoms with Gasteiger partial charge in [-0.3, -0.25) is 9.36 Å². The van der Waals surface area contributed by atoms with E-state index in [1.54, 1.807) is 31.2 Å². The fourth-order valence-corrected chi connectivity index (χ4v) is 4.67. The monoisotopic (exact) mass is 416 g/mol. The van der Waals surface area contributed by atoms with Crippen molar-refractivity contribution >= 4 is 27.5 Å². The highest BCUT2D eigenvalue weighted by molar-refractivity contribution is 7.18. The maximum Gasteiger partial charge on any atom is 0.333 e. The highest BCUT2D eigenvalue weighted by Crippen LogP contribution is 2.30. The predicted octanol–water partition coefficient (Wildman–Crippen LogP) is 2.65. The van der Waals surface area contributed by atoms with Crippen molar-refractivity contribution in [3.63, 3.8) is 0 Å². The third-order valence-electron chi connectivity index (χ3n) is 5.25. The van der Waals surface area contributed by atoms with Crippen LogP contribution in [0.3, 0.4) is 0 Å². The molecule has 0 saturated heterocycles. The normalized spacial score (nSPS) is 13.0. The first-order chi connectivity index (χ1) is 13.6. The number of aliphatic carboxylic acids is 1. The summed E-state index contributed by atoms with van der Waals surface area (Å²) in [5.74, 6) is -1.28. The fraction of sp³-hybridized carbons (Fsp3) is 0.381. The molecule has 1 atom stereocenters. The minimum absolute atomic E-state index is 0.0849. The molecule has 0 bridgehead atoms. The number of nitrogens with zero attached hydrogens (tertiary/aromatic N) is 2. The Morgan fingerprint density at radius 3 is 2.38 bits per heavy atom. The van der Waals surface area contributed by atoms with Crippen LogP contribution in [0.25, 0.3) is 10.2 Å². The van der Waals surface area contributed by atoms with E-state index in [2.05, 4.69) is 0 Å². The van der Waals surface area contributed by atoms with Gasteiger partial charge in [0.15, 0.2) is 0 Å². The van der Waals surface area contributed by atoms with Gasteiger partial charge in [-0.2, -0.15) is 0 Å². The van der Waals surface area contributed by atoms with Gasteiger partial charge in [0.2, 0.25) is 0 Å². The van der Waals surface area contributed by atoms with Gasteiger partial charge in [-0.05, 0) is 38.3 Å². The summed E-state index contributed by atoms with van der Waals surface area (Å²) in [6, 6.07) is 8.90. The Morgan fingerprint density at radius 2 is 1.83 bits per heavy atom. The number of carbonyl (C=O) groups is 1. The number of hydrogen-bond acceptors (Lipinski definition) is 5. The number of hydrogen-bond donors (Lipinski definition) is 2. The topological polar surface area (TPSA) is 102 Å². The van der Waals surface area contributed by atoms with Crippen LogP contribution in [0.2, 0.25) is 0 Å². The number of rotatable bonds is 6. The van der Waals surface area contributed by atoms with E-state index in [4.69, 9.17) is 0 Å². The summed E-state index contributed by atoms with van der Waals surface area (Å²) in [5.41, 5.74) is -1.71. The van der Waals surface area contributed by atoms with E-state index >= 15 is 0 Å². The molecular formula is C21H24N2O5S. The Morgan fingerprint density at radius 1 is 1.21 bits per heavy atom. The molecule has 2 N–H and O–H groups in total. The minimum atomic E-state index is -1.73. The Hall–Kier alpha value is -2.71. The summed E-state index contributed by atoms with van der Waals surface area (Å²) in [6.07, 6.45) is -0.300. The van der Waals surface area contributed by atoms with Crippen molar-refractivity contribution in [2.24, 2.45) is 0 Å².